The van der Waals surface area contributed by atoms with Crippen LogP contribution in [0.2, 0.25) is 0 Å². The maximum atomic E-state index is 5.34. The summed E-state index contributed by atoms with van der Waals surface area (Å²) in [5.74, 6) is 2.50. The molecule has 2 aliphatic rings. The van der Waals surface area contributed by atoms with Crippen LogP contribution in [0.3, 0.4) is 0 Å². The Hall–Kier alpha value is -3.61. The Bertz CT molecular complexity index is 1240. The van der Waals surface area contributed by atoms with E-state index in [2.05, 4.69) is 33.8 Å². The number of hydrogen-bond acceptors (Lipinski definition) is 6. The summed E-state index contributed by atoms with van der Waals surface area (Å²) in [5, 5.41) is 12.0. The number of benzene rings is 1. The zero-order valence-electron chi connectivity index (χ0n) is 17.4. The van der Waals surface area contributed by atoms with Crippen molar-refractivity contribution in [2.75, 3.05) is 17.7 Å². The third-order valence-electron chi connectivity index (χ3n) is 5.77. The van der Waals surface area contributed by atoms with Gasteiger partial charge >= 0.3 is 0 Å². The van der Waals surface area contributed by atoms with Gasteiger partial charge in [-0.1, -0.05) is 6.07 Å². The van der Waals surface area contributed by atoms with E-state index in [0.717, 1.165) is 39.6 Å². The maximum absolute atomic E-state index is 5.34. The lowest BCUT2D eigenvalue weighted by Crippen LogP contribution is -2.06. The highest BCUT2D eigenvalue weighted by atomic mass is 16.5. The first-order valence-corrected chi connectivity index (χ1v) is 10.8. The predicted molar refractivity (Wildman–Crippen MR) is 121 cm³/mol. The molecule has 0 unspecified atom stereocenters. The van der Waals surface area contributed by atoms with Gasteiger partial charge in [0.1, 0.15) is 17.3 Å². The molecule has 4 aromatic rings. The largest absolute Gasteiger partial charge is 0.497 e. The molecule has 0 atom stereocenters. The van der Waals surface area contributed by atoms with Crippen molar-refractivity contribution in [3.05, 3.63) is 54.7 Å². The molecule has 0 aliphatic heterocycles. The van der Waals surface area contributed by atoms with E-state index in [9.17, 15) is 0 Å². The number of nitrogens with zero attached hydrogens (tertiary/aromatic N) is 4. The number of anilines is 2. The minimum atomic E-state index is 0.495. The molecule has 3 aromatic heterocycles. The average molecular weight is 412 g/mol. The van der Waals surface area contributed by atoms with E-state index in [4.69, 9.17) is 14.8 Å². The lowest BCUT2D eigenvalue weighted by Gasteiger charge is -2.08. The first-order valence-electron chi connectivity index (χ1n) is 10.8. The minimum Gasteiger partial charge on any atom is -0.497 e. The Labute approximate surface area is 180 Å². The number of nitrogens with one attached hydrogen (secondary N) is 2. The number of aromatic nitrogens is 4. The fourth-order valence-electron chi connectivity index (χ4n) is 3.80. The Morgan fingerprint density at radius 2 is 1.71 bits per heavy atom. The van der Waals surface area contributed by atoms with Crippen LogP contribution in [0.1, 0.15) is 25.7 Å². The second-order valence-corrected chi connectivity index (χ2v) is 8.26. The predicted octanol–water partition coefficient (Wildman–Crippen LogP) is 4.62. The van der Waals surface area contributed by atoms with Crippen molar-refractivity contribution in [3.63, 3.8) is 0 Å². The van der Waals surface area contributed by atoms with Crippen LogP contribution >= 0.6 is 0 Å². The van der Waals surface area contributed by atoms with Crippen LogP contribution in [-0.2, 0) is 0 Å². The van der Waals surface area contributed by atoms with E-state index in [-0.39, 0.29) is 0 Å². The number of fused-ring (bicyclic) bond motifs is 1. The van der Waals surface area contributed by atoms with Gasteiger partial charge in [0.05, 0.1) is 23.9 Å². The molecule has 0 spiro atoms. The second kappa shape index (κ2) is 7.27. The minimum absolute atomic E-state index is 0.495. The third-order valence-corrected chi connectivity index (χ3v) is 5.77. The average Bonchev–Trinajstić information content (AvgIpc) is 3.74. The second-order valence-electron chi connectivity index (χ2n) is 8.26. The van der Waals surface area contributed by atoms with Crippen LogP contribution < -0.4 is 15.4 Å². The van der Waals surface area contributed by atoms with Crippen molar-refractivity contribution >= 4 is 17.3 Å². The summed E-state index contributed by atoms with van der Waals surface area (Å²) in [5.41, 5.74) is 4.80. The summed E-state index contributed by atoms with van der Waals surface area (Å²) < 4.78 is 7.35. The van der Waals surface area contributed by atoms with Crippen LogP contribution in [-0.4, -0.2) is 38.8 Å². The molecule has 2 fully saturated rings. The Morgan fingerprint density at radius 1 is 0.935 bits per heavy atom. The van der Waals surface area contributed by atoms with Gasteiger partial charge in [-0.15, -0.1) is 0 Å². The SMILES string of the molecule is COc1ccc(-c2nn3c(NC4CC4)cccc3c2-c2ccnc(NC3CC3)n2)cc1. The highest BCUT2D eigenvalue weighted by Gasteiger charge is 2.25. The first kappa shape index (κ1) is 18.2. The smallest absolute Gasteiger partial charge is 0.223 e. The van der Waals surface area contributed by atoms with Gasteiger partial charge in [-0.2, -0.15) is 5.10 Å². The summed E-state index contributed by atoms with van der Waals surface area (Å²) in [6.45, 7) is 0. The van der Waals surface area contributed by atoms with Gasteiger partial charge in [0.25, 0.3) is 0 Å². The summed E-state index contributed by atoms with van der Waals surface area (Å²) in [4.78, 5) is 9.27. The third kappa shape index (κ3) is 3.56. The molecule has 0 saturated heterocycles. The molecule has 7 nitrogen and oxygen atoms in total. The summed E-state index contributed by atoms with van der Waals surface area (Å²) in [6, 6.07) is 17.3. The number of hydrogen-bond donors (Lipinski definition) is 2. The standard InChI is InChI=1S/C24H24N6O/c1-31-18-11-5-15(6-12-18)23-22(19-13-14-25-24(28-19)27-17-9-10-17)20-3-2-4-21(30(20)29-23)26-16-7-8-16/h2-6,11-14,16-17,26H,7-10H2,1H3,(H,25,27,28). The normalized spacial score (nSPS) is 15.8. The molecule has 7 heteroatoms. The van der Waals surface area contributed by atoms with E-state index in [1.807, 2.05) is 41.0 Å². The summed E-state index contributed by atoms with van der Waals surface area (Å²) in [7, 11) is 1.68. The number of methoxy groups -OCH3 is 1. The molecule has 6 rings (SSSR count). The molecule has 0 radical (unpaired) electrons. The van der Waals surface area contributed by atoms with Crippen molar-refractivity contribution in [1.29, 1.82) is 0 Å². The molecule has 31 heavy (non-hydrogen) atoms. The summed E-state index contributed by atoms with van der Waals surface area (Å²) >= 11 is 0. The molecule has 2 saturated carbocycles. The number of ether oxygens (including phenoxy) is 1. The quantitative estimate of drug-likeness (QED) is 0.461. The lowest BCUT2D eigenvalue weighted by molar-refractivity contribution is 0.415. The van der Waals surface area contributed by atoms with E-state index < -0.39 is 0 Å². The highest BCUT2D eigenvalue weighted by Crippen LogP contribution is 2.37. The number of rotatable bonds is 7. The van der Waals surface area contributed by atoms with E-state index >= 15 is 0 Å². The molecule has 3 heterocycles. The van der Waals surface area contributed by atoms with Gasteiger partial charge < -0.3 is 15.4 Å². The van der Waals surface area contributed by atoms with Crippen LogP contribution in [0, 0.1) is 0 Å². The van der Waals surface area contributed by atoms with Gasteiger partial charge in [-0.25, -0.2) is 14.5 Å². The van der Waals surface area contributed by atoms with Crippen LogP contribution in [0.5, 0.6) is 5.75 Å². The molecular formula is C24H24N6O. The molecule has 2 N–H and O–H groups in total. The number of pyridine rings is 1. The Balaban J connectivity index is 1.53. The monoisotopic (exact) mass is 412 g/mol. The zero-order valence-corrected chi connectivity index (χ0v) is 17.4. The molecule has 0 amide bonds. The lowest BCUT2D eigenvalue weighted by atomic mass is 10.0. The van der Waals surface area contributed by atoms with Crippen molar-refractivity contribution in [2.24, 2.45) is 0 Å². The van der Waals surface area contributed by atoms with E-state index in [1.165, 1.54) is 25.7 Å². The van der Waals surface area contributed by atoms with Gasteiger partial charge in [0.15, 0.2) is 0 Å². The van der Waals surface area contributed by atoms with Crippen molar-refractivity contribution < 1.29 is 4.74 Å². The Kier molecular flexibility index (Phi) is 4.26. The highest BCUT2D eigenvalue weighted by molar-refractivity contribution is 5.91. The molecular weight excluding hydrogens is 388 g/mol. The first-order chi connectivity index (χ1) is 15.3. The van der Waals surface area contributed by atoms with Crippen LogP contribution in [0.15, 0.2) is 54.7 Å². The van der Waals surface area contributed by atoms with E-state index in [0.29, 0.717) is 18.0 Å². The maximum Gasteiger partial charge on any atom is 0.223 e. The van der Waals surface area contributed by atoms with Gasteiger partial charge in [-0.05, 0) is 68.1 Å². The van der Waals surface area contributed by atoms with Crippen LogP contribution in [0.25, 0.3) is 28.0 Å². The summed E-state index contributed by atoms with van der Waals surface area (Å²) in [6.07, 6.45) is 6.59. The van der Waals surface area contributed by atoms with Crippen molar-refractivity contribution in [3.8, 4) is 28.3 Å². The zero-order chi connectivity index (χ0) is 20.8. The molecule has 156 valence electrons. The molecule has 1 aromatic carbocycles. The molecule has 2 aliphatic carbocycles. The van der Waals surface area contributed by atoms with Crippen molar-refractivity contribution in [1.82, 2.24) is 19.6 Å². The topological polar surface area (TPSA) is 76.4 Å². The fraction of sp³-hybridized carbons (Fsp3) is 0.292. The van der Waals surface area contributed by atoms with Crippen molar-refractivity contribution in [2.45, 2.75) is 37.8 Å². The fourth-order valence-corrected chi connectivity index (χ4v) is 3.80. The van der Waals surface area contributed by atoms with Gasteiger partial charge in [0, 0.05) is 23.8 Å². The van der Waals surface area contributed by atoms with E-state index in [1.54, 1.807) is 7.11 Å². The van der Waals surface area contributed by atoms with Crippen LogP contribution in [0.4, 0.5) is 11.8 Å². The molecule has 0 bridgehead atoms. The van der Waals surface area contributed by atoms with Gasteiger partial charge in [0.2, 0.25) is 5.95 Å². The van der Waals surface area contributed by atoms with Gasteiger partial charge in [-0.3, -0.25) is 0 Å². The Morgan fingerprint density at radius 3 is 2.45 bits per heavy atom.